The first-order valence-electron chi connectivity index (χ1n) is 6.75. The monoisotopic (exact) mass is 303 g/mol. The molecule has 4 N–H and O–H groups in total. The summed E-state index contributed by atoms with van der Waals surface area (Å²) in [4.78, 5) is 35.4. The van der Waals surface area contributed by atoms with Gasteiger partial charge in [0, 0.05) is 12.0 Å². The topological polar surface area (TPSA) is 118 Å². The molecule has 0 bridgehead atoms. The summed E-state index contributed by atoms with van der Waals surface area (Å²) in [6, 6.07) is 8.29. The lowest BCUT2D eigenvalue weighted by Crippen LogP contribution is -2.55. The third-order valence-electron chi connectivity index (χ3n) is 3.92. The van der Waals surface area contributed by atoms with Crippen LogP contribution < -0.4 is 5.73 Å². The number of hydrogen-bond donors (Lipinski definition) is 3. The van der Waals surface area contributed by atoms with Crippen LogP contribution in [0.2, 0.25) is 0 Å². The predicted octanol–water partition coefficient (Wildman–Crippen LogP) is 1.46. The molecule has 6 nitrogen and oxygen atoms in total. The van der Waals surface area contributed by atoms with Gasteiger partial charge in [-0.3, -0.25) is 14.4 Å². The van der Waals surface area contributed by atoms with Crippen LogP contribution in [0.4, 0.5) is 0 Å². The molecule has 0 aromatic heterocycles. The number of benzene rings is 1. The molecule has 0 aliphatic heterocycles. The number of carbonyl (C=O) groups excluding carboxylic acids is 1. The molecule has 2 atom stereocenters. The van der Waals surface area contributed by atoms with E-state index in [0.717, 1.165) is 0 Å². The van der Waals surface area contributed by atoms with Gasteiger partial charge in [0.05, 0.1) is 5.41 Å². The lowest BCUT2D eigenvalue weighted by Gasteiger charge is -2.37. The minimum atomic E-state index is -1.78. The number of carboxylic acid groups (broad SMARTS) is 2. The van der Waals surface area contributed by atoms with Crippen molar-refractivity contribution >= 4 is 17.7 Å². The fourth-order valence-electron chi connectivity index (χ4n) is 2.75. The van der Waals surface area contributed by atoms with E-state index in [4.69, 9.17) is 5.73 Å². The van der Waals surface area contributed by atoms with Gasteiger partial charge < -0.3 is 15.9 Å². The molecule has 0 saturated heterocycles. The van der Waals surface area contributed by atoms with Crippen molar-refractivity contribution in [1.29, 1.82) is 0 Å². The van der Waals surface area contributed by atoms with Gasteiger partial charge in [-0.15, -0.1) is 0 Å². The smallest absolute Gasteiger partial charge is 0.324 e. The summed E-state index contributed by atoms with van der Waals surface area (Å²) >= 11 is 0. The second-order valence-corrected chi connectivity index (χ2v) is 5.90. The summed E-state index contributed by atoms with van der Waals surface area (Å²) in [5.74, 6) is -2.92. The lowest BCUT2D eigenvalue weighted by atomic mass is 9.68. The van der Waals surface area contributed by atoms with Crippen LogP contribution in [-0.2, 0) is 9.59 Å². The van der Waals surface area contributed by atoms with E-state index in [-0.39, 0.29) is 18.4 Å². The zero-order chi connectivity index (χ0) is 16.5. The molecular weight excluding hydrogens is 286 g/mol. The molecule has 2 rings (SSSR count). The average Bonchev–Trinajstić information content (AvgIpc) is 2.46. The zero-order valence-corrected chi connectivity index (χ0v) is 12.1. The maximum Gasteiger partial charge on any atom is 0.324 e. The van der Waals surface area contributed by atoms with Gasteiger partial charge in [-0.25, -0.2) is 0 Å². The SMILES string of the molecule is C[C@@]1(C(=O)O)C=C(C(=O)c2ccccc2)CC(N)(C(=O)O)C1. The maximum atomic E-state index is 12.5. The number of hydrogen-bond acceptors (Lipinski definition) is 4. The fraction of sp³-hybridized carbons (Fsp3) is 0.312. The van der Waals surface area contributed by atoms with Crippen LogP contribution in [0, 0.1) is 5.41 Å². The number of nitrogens with two attached hydrogens (primary N) is 1. The molecule has 1 aliphatic rings. The molecule has 0 heterocycles. The Balaban J connectivity index is 2.49. The molecule has 0 fully saturated rings. The molecule has 1 aliphatic carbocycles. The lowest BCUT2D eigenvalue weighted by molar-refractivity contribution is -0.150. The summed E-state index contributed by atoms with van der Waals surface area (Å²) in [6.45, 7) is 1.37. The minimum Gasteiger partial charge on any atom is -0.481 e. The minimum absolute atomic E-state index is 0.118. The highest BCUT2D eigenvalue weighted by molar-refractivity contribution is 6.10. The summed E-state index contributed by atoms with van der Waals surface area (Å²) in [5.41, 5.74) is 3.08. The molecule has 6 heteroatoms. The van der Waals surface area contributed by atoms with Gasteiger partial charge >= 0.3 is 11.9 Å². The van der Waals surface area contributed by atoms with Crippen molar-refractivity contribution in [2.75, 3.05) is 0 Å². The Labute approximate surface area is 127 Å². The van der Waals surface area contributed by atoms with Crippen molar-refractivity contribution in [1.82, 2.24) is 0 Å². The van der Waals surface area contributed by atoms with Gasteiger partial charge in [-0.1, -0.05) is 36.4 Å². The maximum absolute atomic E-state index is 12.5. The van der Waals surface area contributed by atoms with E-state index in [1.165, 1.54) is 13.0 Å². The third kappa shape index (κ3) is 2.78. The molecule has 22 heavy (non-hydrogen) atoms. The number of aliphatic carboxylic acids is 2. The Bertz CT molecular complexity index is 666. The van der Waals surface area contributed by atoms with Crippen molar-refractivity contribution < 1.29 is 24.6 Å². The van der Waals surface area contributed by atoms with Crippen LogP contribution in [-0.4, -0.2) is 33.5 Å². The number of rotatable bonds is 4. The van der Waals surface area contributed by atoms with E-state index >= 15 is 0 Å². The second-order valence-electron chi connectivity index (χ2n) is 5.90. The van der Waals surface area contributed by atoms with E-state index in [1.54, 1.807) is 30.3 Å². The quantitative estimate of drug-likeness (QED) is 0.725. The fourth-order valence-corrected chi connectivity index (χ4v) is 2.75. The van der Waals surface area contributed by atoms with E-state index in [1.807, 2.05) is 0 Å². The number of Topliss-reactive ketones (excluding diaryl/α,β-unsaturated/α-hetero) is 1. The molecule has 1 aromatic carbocycles. The van der Waals surface area contributed by atoms with Crippen LogP contribution in [0.25, 0.3) is 0 Å². The van der Waals surface area contributed by atoms with Crippen molar-refractivity contribution in [2.24, 2.45) is 11.1 Å². The highest BCUT2D eigenvalue weighted by Gasteiger charge is 2.49. The molecule has 0 spiro atoms. The zero-order valence-electron chi connectivity index (χ0n) is 12.1. The van der Waals surface area contributed by atoms with E-state index < -0.39 is 28.7 Å². The molecule has 0 radical (unpaired) electrons. The van der Waals surface area contributed by atoms with Crippen LogP contribution in [0.1, 0.15) is 30.1 Å². The van der Waals surface area contributed by atoms with Crippen molar-refractivity contribution in [2.45, 2.75) is 25.3 Å². The highest BCUT2D eigenvalue weighted by atomic mass is 16.4. The number of ketones is 1. The first kappa shape index (κ1) is 15.9. The summed E-state index contributed by atoms with van der Waals surface area (Å²) in [6.07, 6.45) is 0.869. The van der Waals surface area contributed by atoms with E-state index in [9.17, 15) is 24.6 Å². The van der Waals surface area contributed by atoms with Crippen molar-refractivity contribution in [3.8, 4) is 0 Å². The normalized spacial score (nSPS) is 27.8. The van der Waals surface area contributed by atoms with Crippen molar-refractivity contribution in [3.63, 3.8) is 0 Å². The second kappa shape index (κ2) is 5.38. The van der Waals surface area contributed by atoms with Gasteiger partial charge in [0.2, 0.25) is 0 Å². The Kier molecular flexibility index (Phi) is 3.89. The summed E-state index contributed by atoms with van der Waals surface area (Å²) in [7, 11) is 0. The Morgan fingerprint density at radius 1 is 1.09 bits per heavy atom. The van der Waals surface area contributed by atoms with Crippen LogP contribution in [0.3, 0.4) is 0 Å². The molecular formula is C16H17NO5. The van der Waals surface area contributed by atoms with Crippen LogP contribution in [0.15, 0.2) is 42.0 Å². The van der Waals surface area contributed by atoms with Crippen LogP contribution in [0.5, 0.6) is 0 Å². The first-order valence-corrected chi connectivity index (χ1v) is 6.75. The molecule has 116 valence electrons. The molecule has 1 unspecified atom stereocenters. The third-order valence-corrected chi connectivity index (χ3v) is 3.92. The molecule has 0 amide bonds. The summed E-state index contributed by atoms with van der Waals surface area (Å²) < 4.78 is 0. The standard InChI is InChI=1S/C16H17NO5/c1-15(13(19)20)7-11(8-16(17,9-15)14(21)22)12(18)10-5-3-2-4-6-10/h2-7H,8-9,17H2,1H3,(H,19,20)(H,21,22)/t15-,16?/m1/s1. The van der Waals surface area contributed by atoms with Crippen LogP contribution >= 0.6 is 0 Å². The molecule has 1 aromatic rings. The van der Waals surface area contributed by atoms with Gasteiger partial charge in [0.25, 0.3) is 0 Å². The molecule has 0 saturated carbocycles. The summed E-state index contributed by atoms with van der Waals surface area (Å²) in [5, 5.41) is 18.7. The average molecular weight is 303 g/mol. The van der Waals surface area contributed by atoms with Gasteiger partial charge in [-0.2, -0.15) is 0 Å². The number of carbonyl (C=O) groups is 3. The Morgan fingerprint density at radius 2 is 1.68 bits per heavy atom. The predicted molar refractivity (Wildman–Crippen MR) is 78.4 cm³/mol. The highest BCUT2D eigenvalue weighted by Crippen LogP contribution is 2.40. The largest absolute Gasteiger partial charge is 0.481 e. The number of carboxylic acids is 2. The first-order chi connectivity index (χ1) is 10.2. The Morgan fingerprint density at radius 3 is 2.18 bits per heavy atom. The van der Waals surface area contributed by atoms with Gasteiger partial charge in [0.15, 0.2) is 5.78 Å². The van der Waals surface area contributed by atoms with E-state index in [2.05, 4.69) is 0 Å². The van der Waals surface area contributed by atoms with Crippen molar-refractivity contribution in [3.05, 3.63) is 47.5 Å². The Hall–Kier alpha value is -2.47. The van der Waals surface area contributed by atoms with E-state index in [0.29, 0.717) is 5.56 Å². The van der Waals surface area contributed by atoms with Gasteiger partial charge in [0.1, 0.15) is 5.54 Å². The van der Waals surface area contributed by atoms with Gasteiger partial charge in [-0.05, 0) is 18.9 Å².